The number of fused-ring (bicyclic) bond motifs is 1. The normalized spacial score (nSPS) is 21.1. The monoisotopic (exact) mass is 556 g/mol. The van der Waals surface area contributed by atoms with E-state index < -0.39 is 48.5 Å². The van der Waals surface area contributed by atoms with Crippen molar-refractivity contribution in [1.29, 1.82) is 0 Å². The molecule has 2 unspecified atom stereocenters. The standard InChI is InChI=1S/C28H28O12/c1-2-23(30)34-13-3-4-14-35-28(33)39-20-11-7-17(8-12-20)26(31)38-19-9-5-18(6-10-19)27(32)40-22-16-37-24-21(29)15-36-25(22)24/h2,5-12,21-22,24-25,29H,1,3-4,13-16H2/t21-,22-,24?,25?/m0/s1. The van der Waals surface area contributed by atoms with Crippen molar-refractivity contribution >= 4 is 24.1 Å². The topological polar surface area (TPSA) is 153 Å². The average molecular weight is 557 g/mol. The maximum Gasteiger partial charge on any atom is 0.513 e. The minimum atomic E-state index is -0.911. The van der Waals surface area contributed by atoms with Gasteiger partial charge >= 0.3 is 24.1 Å². The first kappa shape index (κ1) is 28.7. The Balaban J connectivity index is 1.18. The van der Waals surface area contributed by atoms with E-state index in [1.807, 2.05) is 0 Å². The Bertz CT molecular complexity index is 1210. The number of unbranched alkanes of at least 4 members (excludes halogenated alkanes) is 1. The molecule has 0 aromatic heterocycles. The van der Waals surface area contributed by atoms with Crippen LogP contribution in [0.3, 0.4) is 0 Å². The number of carbonyl (C=O) groups excluding carboxylic acids is 4. The van der Waals surface area contributed by atoms with E-state index in [4.69, 9.17) is 33.2 Å². The molecule has 4 rings (SSSR count). The van der Waals surface area contributed by atoms with E-state index in [9.17, 15) is 24.3 Å². The summed E-state index contributed by atoms with van der Waals surface area (Å²) in [5, 5.41) is 9.80. The van der Waals surface area contributed by atoms with Crippen LogP contribution in [0.1, 0.15) is 33.6 Å². The van der Waals surface area contributed by atoms with Gasteiger partial charge in [-0.1, -0.05) is 6.58 Å². The SMILES string of the molecule is C=CC(=O)OCCCCOC(=O)Oc1ccc(C(=O)Oc2ccc(C(=O)O[C@H]3COC4C3OC[C@@H]4O)cc2)cc1. The highest BCUT2D eigenvalue weighted by Crippen LogP contribution is 2.29. The first-order valence-corrected chi connectivity index (χ1v) is 12.5. The second kappa shape index (κ2) is 13.7. The van der Waals surface area contributed by atoms with Gasteiger partial charge in [0.05, 0.1) is 37.6 Å². The number of rotatable bonds is 11. The molecule has 2 aliphatic rings. The van der Waals surface area contributed by atoms with Crippen LogP contribution in [-0.4, -0.2) is 80.0 Å². The van der Waals surface area contributed by atoms with Crippen LogP contribution in [0.25, 0.3) is 0 Å². The van der Waals surface area contributed by atoms with E-state index in [0.717, 1.165) is 6.08 Å². The fourth-order valence-corrected chi connectivity index (χ4v) is 3.95. The van der Waals surface area contributed by atoms with Crippen LogP contribution in [0.2, 0.25) is 0 Å². The van der Waals surface area contributed by atoms with E-state index in [0.29, 0.717) is 12.8 Å². The Labute approximate surface area is 229 Å². The van der Waals surface area contributed by atoms with E-state index in [-0.39, 0.29) is 49.1 Å². The summed E-state index contributed by atoms with van der Waals surface area (Å²) < 4.78 is 36.5. The lowest BCUT2D eigenvalue weighted by Gasteiger charge is -2.16. The van der Waals surface area contributed by atoms with E-state index in [1.54, 1.807) is 0 Å². The Morgan fingerprint density at radius 3 is 2.02 bits per heavy atom. The molecule has 2 saturated heterocycles. The van der Waals surface area contributed by atoms with Crippen LogP contribution in [0.4, 0.5) is 4.79 Å². The summed E-state index contributed by atoms with van der Waals surface area (Å²) in [6.07, 6.45) is -1.24. The van der Waals surface area contributed by atoms with Crippen molar-refractivity contribution in [2.45, 2.75) is 37.3 Å². The maximum absolute atomic E-state index is 12.5. The number of hydrogen-bond donors (Lipinski definition) is 1. The van der Waals surface area contributed by atoms with Crippen LogP contribution in [-0.2, 0) is 28.5 Å². The number of hydrogen-bond acceptors (Lipinski definition) is 12. The van der Waals surface area contributed by atoms with Gasteiger partial charge in [0.1, 0.15) is 29.8 Å². The molecule has 4 atom stereocenters. The smallest absolute Gasteiger partial charge is 0.463 e. The number of benzene rings is 2. The highest BCUT2D eigenvalue weighted by atomic mass is 16.7. The minimum absolute atomic E-state index is 0.0833. The number of aliphatic hydroxyl groups is 1. The molecule has 0 spiro atoms. The van der Waals surface area contributed by atoms with Gasteiger partial charge in [0, 0.05) is 6.08 Å². The third-order valence-corrected chi connectivity index (χ3v) is 6.00. The quantitative estimate of drug-likeness (QED) is 0.108. The van der Waals surface area contributed by atoms with Crippen molar-refractivity contribution in [3.63, 3.8) is 0 Å². The van der Waals surface area contributed by atoms with E-state index in [2.05, 4.69) is 6.58 Å². The second-order valence-electron chi connectivity index (χ2n) is 8.82. The van der Waals surface area contributed by atoms with Crippen molar-refractivity contribution < 1.29 is 57.4 Å². The molecule has 2 aromatic carbocycles. The van der Waals surface area contributed by atoms with Gasteiger partial charge in [-0.3, -0.25) is 0 Å². The summed E-state index contributed by atoms with van der Waals surface area (Å²) in [5.41, 5.74) is 0.444. The zero-order valence-corrected chi connectivity index (χ0v) is 21.4. The van der Waals surface area contributed by atoms with E-state index in [1.165, 1.54) is 48.5 Å². The third-order valence-electron chi connectivity index (χ3n) is 6.00. The van der Waals surface area contributed by atoms with Gasteiger partial charge in [0.25, 0.3) is 0 Å². The van der Waals surface area contributed by atoms with Crippen molar-refractivity contribution in [2.24, 2.45) is 0 Å². The van der Waals surface area contributed by atoms with Crippen LogP contribution >= 0.6 is 0 Å². The van der Waals surface area contributed by atoms with Gasteiger partial charge in [0.2, 0.25) is 0 Å². The average Bonchev–Trinajstić information content (AvgIpc) is 3.53. The number of carbonyl (C=O) groups is 4. The molecule has 1 N–H and O–H groups in total. The summed E-state index contributed by atoms with van der Waals surface area (Å²) in [6.45, 7) is 3.83. The largest absolute Gasteiger partial charge is 0.513 e. The Hall–Kier alpha value is -4.26. The van der Waals surface area contributed by atoms with Gasteiger partial charge in [-0.15, -0.1) is 0 Å². The fourth-order valence-electron chi connectivity index (χ4n) is 3.95. The highest BCUT2D eigenvalue weighted by molar-refractivity contribution is 5.92. The molecule has 2 aromatic rings. The number of aliphatic hydroxyl groups excluding tert-OH is 1. The highest BCUT2D eigenvalue weighted by Gasteiger charge is 2.49. The van der Waals surface area contributed by atoms with Gasteiger partial charge < -0.3 is 38.3 Å². The molecular formula is C28H28O12. The lowest BCUT2D eigenvalue weighted by molar-refractivity contribution is -0.137. The Kier molecular flexibility index (Phi) is 9.84. The van der Waals surface area contributed by atoms with Gasteiger partial charge in [-0.2, -0.15) is 0 Å². The van der Waals surface area contributed by atoms with Gasteiger partial charge in [-0.05, 0) is 61.4 Å². The molecule has 2 heterocycles. The van der Waals surface area contributed by atoms with Crippen LogP contribution in [0.15, 0.2) is 61.2 Å². The van der Waals surface area contributed by atoms with Crippen molar-refractivity contribution in [3.05, 3.63) is 72.3 Å². The Morgan fingerprint density at radius 1 is 0.800 bits per heavy atom. The second-order valence-corrected chi connectivity index (χ2v) is 8.82. The van der Waals surface area contributed by atoms with Crippen molar-refractivity contribution in [1.82, 2.24) is 0 Å². The summed E-state index contributed by atoms with van der Waals surface area (Å²) in [4.78, 5) is 47.7. The molecule has 0 amide bonds. The predicted octanol–water partition coefficient (Wildman–Crippen LogP) is 2.61. The molecule has 0 saturated carbocycles. The van der Waals surface area contributed by atoms with Crippen molar-refractivity contribution in [3.8, 4) is 11.5 Å². The van der Waals surface area contributed by atoms with E-state index >= 15 is 0 Å². The van der Waals surface area contributed by atoms with Crippen LogP contribution in [0, 0.1) is 0 Å². The minimum Gasteiger partial charge on any atom is -0.463 e. The summed E-state index contributed by atoms with van der Waals surface area (Å²) in [6, 6.07) is 11.5. The lowest BCUT2D eigenvalue weighted by Crippen LogP contribution is -2.34. The first-order valence-electron chi connectivity index (χ1n) is 12.5. The summed E-state index contributed by atoms with van der Waals surface area (Å²) >= 11 is 0. The molecule has 12 nitrogen and oxygen atoms in total. The molecule has 2 aliphatic heterocycles. The Morgan fingerprint density at radius 2 is 1.38 bits per heavy atom. The lowest BCUT2D eigenvalue weighted by atomic mass is 10.1. The molecule has 0 radical (unpaired) electrons. The van der Waals surface area contributed by atoms with Crippen LogP contribution in [0.5, 0.6) is 11.5 Å². The molecule has 2 fully saturated rings. The van der Waals surface area contributed by atoms with Crippen LogP contribution < -0.4 is 9.47 Å². The third kappa shape index (κ3) is 7.65. The van der Waals surface area contributed by atoms with Gasteiger partial charge in [-0.25, -0.2) is 19.2 Å². The maximum atomic E-state index is 12.5. The first-order chi connectivity index (χ1) is 19.3. The summed E-state index contributed by atoms with van der Waals surface area (Å²) in [5.74, 6) is -1.40. The molecular weight excluding hydrogens is 528 g/mol. The zero-order valence-electron chi connectivity index (χ0n) is 21.4. The fraction of sp³-hybridized carbons (Fsp3) is 0.357. The van der Waals surface area contributed by atoms with Gasteiger partial charge in [0.15, 0.2) is 6.10 Å². The molecule has 40 heavy (non-hydrogen) atoms. The number of esters is 3. The molecule has 0 aliphatic carbocycles. The number of ether oxygens (including phenoxy) is 7. The molecule has 12 heteroatoms. The predicted molar refractivity (Wildman–Crippen MR) is 135 cm³/mol. The molecule has 212 valence electrons. The summed E-state index contributed by atoms with van der Waals surface area (Å²) in [7, 11) is 0. The zero-order chi connectivity index (χ0) is 28.5. The molecule has 0 bridgehead atoms. The van der Waals surface area contributed by atoms with Crippen molar-refractivity contribution in [2.75, 3.05) is 26.4 Å².